The molecule has 0 aliphatic heterocycles. The molecule has 0 bridgehead atoms. The van der Waals surface area contributed by atoms with Crippen molar-refractivity contribution in [3.05, 3.63) is 77.9 Å². The normalized spacial score (nSPS) is 12.4. The number of thiazole rings is 1. The number of carboxylic acid groups (broad SMARTS) is 1. The highest BCUT2D eigenvalue weighted by Gasteiger charge is 2.26. The zero-order valence-electron chi connectivity index (χ0n) is 19.0. The summed E-state index contributed by atoms with van der Waals surface area (Å²) in [6, 6.07) is 14.8. The van der Waals surface area contributed by atoms with E-state index < -0.39 is 23.7 Å². The highest BCUT2D eigenvalue weighted by molar-refractivity contribution is 7.22. The Kier molecular flexibility index (Phi) is 8.37. The summed E-state index contributed by atoms with van der Waals surface area (Å²) in [6.07, 6.45) is 0.557. The summed E-state index contributed by atoms with van der Waals surface area (Å²) in [7, 11) is 0. The molecule has 0 radical (unpaired) electrons. The molecule has 0 aliphatic rings. The van der Waals surface area contributed by atoms with Gasteiger partial charge >= 0.3 is 5.97 Å². The Morgan fingerprint density at radius 2 is 1.72 bits per heavy atom. The summed E-state index contributed by atoms with van der Waals surface area (Å²) >= 11 is 1.34. The quantitative estimate of drug-likeness (QED) is 0.241. The molecule has 3 aromatic carbocycles. The fraction of sp³-hybridized carbons (Fsp3) is 0.222. The van der Waals surface area contributed by atoms with Crippen LogP contribution in [0.1, 0.15) is 38.1 Å². The van der Waals surface area contributed by atoms with E-state index in [1.165, 1.54) is 35.6 Å². The van der Waals surface area contributed by atoms with Crippen LogP contribution in [-0.4, -0.2) is 28.0 Å². The molecular weight excluding hydrogens is 484 g/mol. The largest absolute Gasteiger partial charge is 0.480 e. The molecule has 3 N–H and O–H groups in total. The molecule has 1 amide bonds. The van der Waals surface area contributed by atoms with Crippen molar-refractivity contribution in [2.45, 2.75) is 33.7 Å². The van der Waals surface area contributed by atoms with E-state index in [9.17, 15) is 23.5 Å². The molecule has 2 atom stereocenters. The Hall–Kier alpha value is -3.85. The van der Waals surface area contributed by atoms with Gasteiger partial charge in [0.05, 0.1) is 15.8 Å². The van der Waals surface area contributed by atoms with Crippen molar-refractivity contribution < 1.29 is 23.5 Å². The van der Waals surface area contributed by atoms with Gasteiger partial charge in [-0.2, -0.15) is 0 Å². The number of carboxylic acids is 1. The summed E-state index contributed by atoms with van der Waals surface area (Å²) in [5.74, 6) is -3.27. The zero-order chi connectivity index (χ0) is 25.1. The van der Waals surface area contributed by atoms with Gasteiger partial charge in [0.25, 0.3) is 5.91 Å². The second-order valence-electron chi connectivity index (χ2n) is 8.20. The maximum Gasteiger partial charge on any atom is 0.326 e. The van der Waals surface area contributed by atoms with Crippen LogP contribution in [0, 0.1) is 17.6 Å². The molecule has 0 aliphatic carbocycles. The predicted molar refractivity (Wildman–Crippen MR) is 140 cm³/mol. The van der Waals surface area contributed by atoms with Gasteiger partial charge < -0.3 is 15.7 Å². The maximum absolute atomic E-state index is 14.8. The summed E-state index contributed by atoms with van der Waals surface area (Å²) in [5.41, 5.74) is 2.55. The topological polar surface area (TPSA) is 91.3 Å². The molecular formula is C27H27F2N3O3S. The Labute approximate surface area is 212 Å². The zero-order valence-corrected chi connectivity index (χ0v) is 19.8. The molecule has 0 saturated heterocycles. The molecule has 0 spiro atoms. The van der Waals surface area contributed by atoms with Gasteiger partial charge in [-0.05, 0) is 59.5 Å². The standard InChI is InChI=1S/C26H23F2N3O3S.CH4/c1-3-14(2)23(25(33)34)31-24(32)19-10-6-16(12-20(19)28)15-4-8-18(9-5-15)29-26-30-21-11-7-17(27)13-22(21)35-26;/h4-14,23H,3H2,1-2H3,(H,29,30)(H,31,32)(H,33,34);1H4/t14-,23-;/m0./s1. The highest BCUT2D eigenvalue weighted by atomic mass is 32.1. The molecule has 1 heterocycles. The average molecular weight is 512 g/mol. The number of anilines is 2. The number of halogens is 2. The lowest BCUT2D eigenvalue weighted by molar-refractivity contribution is -0.140. The Balaban J connectivity index is 0.00000361. The van der Waals surface area contributed by atoms with Crippen LogP contribution in [-0.2, 0) is 4.79 Å². The first-order chi connectivity index (χ1) is 16.7. The molecule has 1 aromatic heterocycles. The average Bonchev–Trinajstić information content (AvgIpc) is 3.23. The lowest BCUT2D eigenvalue weighted by Gasteiger charge is -2.20. The Bertz CT molecular complexity index is 1390. The van der Waals surface area contributed by atoms with E-state index in [0.29, 0.717) is 22.6 Å². The van der Waals surface area contributed by atoms with E-state index in [2.05, 4.69) is 15.6 Å². The van der Waals surface area contributed by atoms with Crippen molar-refractivity contribution in [2.24, 2.45) is 5.92 Å². The van der Waals surface area contributed by atoms with Crippen molar-refractivity contribution in [2.75, 3.05) is 5.32 Å². The first-order valence-electron chi connectivity index (χ1n) is 11.0. The smallest absolute Gasteiger partial charge is 0.326 e. The minimum atomic E-state index is -1.16. The molecule has 0 unspecified atom stereocenters. The van der Waals surface area contributed by atoms with Crippen LogP contribution in [0.3, 0.4) is 0 Å². The molecule has 188 valence electrons. The number of nitrogens with one attached hydrogen (secondary N) is 2. The SMILES string of the molecule is C.CC[C@H](C)[C@H](NC(=O)c1ccc(-c2ccc(Nc3nc4ccc(F)cc4s3)cc2)cc1F)C(=O)O. The van der Waals surface area contributed by atoms with Crippen molar-refractivity contribution in [3.63, 3.8) is 0 Å². The van der Waals surface area contributed by atoms with Gasteiger partial charge in [0.15, 0.2) is 5.13 Å². The minimum Gasteiger partial charge on any atom is -0.480 e. The van der Waals surface area contributed by atoms with Gasteiger partial charge in [-0.15, -0.1) is 0 Å². The summed E-state index contributed by atoms with van der Waals surface area (Å²) in [5, 5.41) is 15.6. The molecule has 4 aromatic rings. The van der Waals surface area contributed by atoms with E-state index >= 15 is 0 Å². The Morgan fingerprint density at radius 3 is 2.36 bits per heavy atom. The van der Waals surface area contributed by atoms with E-state index in [1.54, 1.807) is 31.2 Å². The third-order valence-corrected chi connectivity index (χ3v) is 6.73. The number of fused-ring (bicyclic) bond motifs is 1. The van der Waals surface area contributed by atoms with Crippen molar-refractivity contribution in [3.8, 4) is 11.1 Å². The van der Waals surface area contributed by atoms with E-state index in [1.807, 2.05) is 19.1 Å². The number of carbonyl (C=O) groups is 2. The van der Waals surface area contributed by atoms with Gasteiger partial charge in [-0.3, -0.25) is 4.79 Å². The maximum atomic E-state index is 14.8. The first kappa shape index (κ1) is 26.7. The highest BCUT2D eigenvalue weighted by Crippen LogP contribution is 2.30. The number of amides is 1. The van der Waals surface area contributed by atoms with Crippen molar-refractivity contribution >= 4 is 44.2 Å². The summed E-state index contributed by atoms with van der Waals surface area (Å²) < 4.78 is 28.9. The minimum absolute atomic E-state index is 0. The number of aliphatic carboxylic acids is 1. The number of carbonyl (C=O) groups excluding carboxylic acids is 1. The van der Waals surface area contributed by atoms with Gasteiger partial charge in [-0.25, -0.2) is 18.6 Å². The number of aromatic nitrogens is 1. The number of benzene rings is 3. The van der Waals surface area contributed by atoms with Crippen LogP contribution in [0.2, 0.25) is 0 Å². The van der Waals surface area contributed by atoms with E-state index in [-0.39, 0.29) is 24.7 Å². The van der Waals surface area contributed by atoms with Crippen LogP contribution in [0.15, 0.2) is 60.7 Å². The lowest BCUT2D eigenvalue weighted by atomic mass is 9.98. The van der Waals surface area contributed by atoms with Crippen LogP contribution < -0.4 is 10.6 Å². The fourth-order valence-electron chi connectivity index (χ4n) is 3.60. The molecule has 0 saturated carbocycles. The van der Waals surface area contributed by atoms with Gasteiger partial charge in [-0.1, -0.05) is 57.2 Å². The van der Waals surface area contributed by atoms with Crippen LogP contribution in [0.25, 0.3) is 21.3 Å². The molecule has 0 fully saturated rings. The summed E-state index contributed by atoms with van der Waals surface area (Å²) in [4.78, 5) is 28.4. The molecule has 9 heteroatoms. The monoisotopic (exact) mass is 511 g/mol. The number of rotatable bonds is 8. The third-order valence-electron chi connectivity index (χ3n) is 5.80. The van der Waals surface area contributed by atoms with Gasteiger partial charge in [0, 0.05) is 5.69 Å². The fourth-order valence-corrected chi connectivity index (χ4v) is 4.51. The molecule has 4 rings (SSSR count). The number of hydrogen-bond donors (Lipinski definition) is 3. The van der Waals surface area contributed by atoms with Gasteiger partial charge in [0.1, 0.15) is 17.7 Å². The van der Waals surface area contributed by atoms with Crippen molar-refractivity contribution in [1.29, 1.82) is 0 Å². The van der Waals surface area contributed by atoms with E-state index in [4.69, 9.17) is 0 Å². The third kappa shape index (κ3) is 5.85. The molecule has 6 nitrogen and oxygen atoms in total. The van der Waals surface area contributed by atoms with Gasteiger partial charge in [0.2, 0.25) is 0 Å². The van der Waals surface area contributed by atoms with Crippen LogP contribution >= 0.6 is 11.3 Å². The summed E-state index contributed by atoms with van der Waals surface area (Å²) in [6.45, 7) is 3.54. The predicted octanol–water partition coefficient (Wildman–Crippen LogP) is 6.85. The van der Waals surface area contributed by atoms with Crippen LogP contribution in [0.4, 0.5) is 19.6 Å². The van der Waals surface area contributed by atoms with Crippen molar-refractivity contribution in [1.82, 2.24) is 10.3 Å². The number of hydrogen-bond acceptors (Lipinski definition) is 5. The first-order valence-corrected chi connectivity index (χ1v) is 11.8. The second-order valence-corrected chi connectivity index (χ2v) is 9.23. The lowest BCUT2D eigenvalue weighted by Crippen LogP contribution is -2.45. The number of nitrogens with zero attached hydrogens (tertiary/aromatic N) is 1. The Morgan fingerprint density at radius 1 is 1.03 bits per heavy atom. The second kappa shape index (κ2) is 11.3. The van der Waals surface area contributed by atoms with Crippen LogP contribution in [0.5, 0.6) is 0 Å². The van der Waals surface area contributed by atoms with E-state index in [0.717, 1.165) is 16.0 Å². The molecule has 36 heavy (non-hydrogen) atoms.